The molecule has 2 aromatic heterocycles. The molecule has 0 atom stereocenters. The zero-order chi connectivity index (χ0) is 43.3. The van der Waals surface area contributed by atoms with Crippen LogP contribution in [0, 0.1) is 0 Å². The molecular weight excluding hydrogens is 799 g/mol. The summed E-state index contributed by atoms with van der Waals surface area (Å²) in [7, 11) is 0. The van der Waals surface area contributed by atoms with Gasteiger partial charge < -0.3 is 8.98 Å². The van der Waals surface area contributed by atoms with Crippen molar-refractivity contribution in [2.45, 2.75) is 0 Å². The molecule has 2 nitrogen and oxygen atoms in total. The molecule has 0 N–H and O–H groups in total. The third-order valence-electron chi connectivity index (χ3n) is 14.0. The first kappa shape index (κ1) is 36.7. The van der Waals surface area contributed by atoms with Crippen molar-refractivity contribution < 1.29 is 4.42 Å². The van der Waals surface area contributed by atoms with Gasteiger partial charge in [-0.05, 0) is 130 Å². The Labute approximate surface area is 380 Å². The zero-order valence-corrected chi connectivity index (χ0v) is 35.9. The summed E-state index contributed by atoms with van der Waals surface area (Å²) in [4.78, 5) is 0. The second-order valence-electron chi connectivity index (χ2n) is 17.5. The van der Waals surface area contributed by atoms with E-state index in [1.165, 1.54) is 104 Å². The van der Waals surface area contributed by atoms with Gasteiger partial charge in [0.25, 0.3) is 0 Å². The van der Waals surface area contributed by atoms with E-state index in [-0.39, 0.29) is 0 Å². The van der Waals surface area contributed by atoms with Gasteiger partial charge in [0.1, 0.15) is 11.2 Å². The summed E-state index contributed by atoms with van der Waals surface area (Å²) < 4.78 is 9.33. The maximum atomic E-state index is 6.92. The van der Waals surface area contributed by atoms with Gasteiger partial charge >= 0.3 is 0 Å². The van der Waals surface area contributed by atoms with E-state index in [1.807, 2.05) is 0 Å². The van der Waals surface area contributed by atoms with Gasteiger partial charge in [-0.1, -0.05) is 194 Å². The molecule has 0 aliphatic heterocycles. The number of hydrogen-bond acceptors (Lipinski definition) is 1. The zero-order valence-electron chi connectivity index (χ0n) is 35.9. The highest BCUT2D eigenvalue weighted by Gasteiger charge is 2.23. The van der Waals surface area contributed by atoms with Gasteiger partial charge in [0.15, 0.2) is 0 Å². The number of furan rings is 1. The van der Waals surface area contributed by atoms with Crippen LogP contribution in [0.2, 0.25) is 0 Å². The van der Waals surface area contributed by atoms with Crippen LogP contribution >= 0.6 is 0 Å². The van der Waals surface area contributed by atoms with Crippen LogP contribution in [0.1, 0.15) is 0 Å². The summed E-state index contributed by atoms with van der Waals surface area (Å²) in [5.74, 6) is 0. The molecule has 12 aromatic carbocycles. The average molecular weight is 838 g/mol. The molecule has 2 heterocycles. The van der Waals surface area contributed by atoms with E-state index in [0.29, 0.717) is 0 Å². The van der Waals surface area contributed by atoms with Crippen molar-refractivity contribution >= 4 is 86.8 Å². The van der Waals surface area contributed by atoms with Crippen molar-refractivity contribution in [1.29, 1.82) is 0 Å². The topological polar surface area (TPSA) is 18.1 Å². The summed E-state index contributed by atoms with van der Waals surface area (Å²) in [6.45, 7) is 0. The molecule has 0 unspecified atom stereocenters. The van der Waals surface area contributed by atoms with Crippen LogP contribution in [0.3, 0.4) is 0 Å². The maximum absolute atomic E-state index is 6.92. The van der Waals surface area contributed by atoms with E-state index in [9.17, 15) is 0 Å². The number of nitrogens with zero attached hydrogens (tertiary/aromatic N) is 1. The lowest BCUT2D eigenvalue weighted by molar-refractivity contribution is 0.669. The Morgan fingerprint density at radius 1 is 0.258 bits per heavy atom. The predicted octanol–water partition coefficient (Wildman–Crippen LogP) is 18.0. The predicted molar refractivity (Wildman–Crippen MR) is 280 cm³/mol. The van der Waals surface area contributed by atoms with E-state index in [4.69, 9.17) is 4.42 Å². The molecule has 0 saturated carbocycles. The SMILES string of the molecule is c1ccc(-c2c3ccccc3c(-c3cccc4oc5cc(-c6c7ccccc7c(-c7ccc8c9ccccc9n(-c9ccccc9)c8c7)c7ccccc67)ccc5c34)c3ccccc23)cc1. The molecule has 0 bridgehead atoms. The quantitative estimate of drug-likeness (QED) is 0.158. The summed E-state index contributed by atoms with van der Waals surface area (Å²) in [6.07, 6.45) is 0. The molecule has 0 fully saturated rings. The fraction of sp³-hybridized carbons (Fsp3) is 0. The number of fused-ring (bicyclic) bond motifs is 10. The molecule has 0 spiro atoms. The van der Waals surface area contributed by atoms with E-state index in [0.717, 1.165) is 33.2 Å². The van der Waals surface area contributed by atoms with Crippen LogP contribution in [0.15, 0.2) is 241 Å². The number of para-hydroxylation sites is 2. The third-order valence-corrected chi connectivity index (χ3v) is 14.0. The van der Waals surface area contributed by atoms with Crippen LogP contribution in [0.4, 0.5) is 0 Å². The summed E-state index contributed by atoms with van der Waals surface area (Å²) in [5.41, 5.74) is 15.0. The summed E-state index contributed by atoms with van der Waals surface area (Å²) in [6, 6.07) is 86.3. The fourth-order valence-electron chi connectivity index (χ4n) is 11.3. The lowest BCUT2D eigenvalue weighted by atomic mass is 9.84. The molecule has 0 saturated heterocycles. The van der Waals surface area contributed by atoms with Crippen LogP contribution in [0.25, 0.3) is 137 Å². The first-order chi connectivity index (χ1) is 32.8. The van der Waals surface area contributed by atoms with Crippen molar-refractivity contribution in [2.24, 2.45) is 0 Å². The molecule has 306 valence electrons. The Hall–Kier alpha value is -8.72. The smallest absolute Gasteiger partial charge is 0.136 e. The highest BCUT2D eigenvalue weighted by atomic mass is 16.3. The van der Waals surface area contributed by atoms with E-state index < -0.39 is 0 Å². The lowest BCUT2D eigenvalue weighted by Gasteiger charge is -2.18. The first-order valence-corrected chi connectivity index (χ1v) is 22.8. The Bertz CT molecular complexity index is 4160. The Balaban J connectivity index is 0.985. The Morgan fingerprint density at radius 2 is 0.697 bits per heavy atom. The Kier molecular flexibility index (Phi) is 8.02. The minimum Gasteiger partial charge on any atom is -0.456 e. The van der Waals surface area contributed by atoms with Gasteiger partial charge in [-0.15, -0.1) is 0 Å². The molecule has 66 heavy (non-hydrogen) atoms. The second-order valence-corrected chi connectivity index (χ2v) is 17.5. The van der Waals surface area contributed by atoms with Gasteiger partial charge in [-0.3, -0.25) is 0 Å². The molecule has 2 heteroatoms. The maximum Gasteiger partial charge on any atom is 0.136 e. The molecule has 0 amide bonds. The lowest BCUT2D eigenvalue weighted by Crippen LogP contribution is -1.94. The van der Waals surface area contributed by atoms with Gasteiger partial charge in [0.05, 0.1) is 11.0 Å². The summed E-state index contributed by atoms with van der Waals surface area (Å²) >= 11 is 0. The molecular formula is C64H39NO. The monoisotopic (exact) mass is 837 g/mol. The standard InChI is InChI=1S/C64H39NO/c1-3-18-40(19-4-1)60-50-27-11-13-29-52(50)63(53-30-14-12-28-51(53)60)55-31-17-33-58-64(55)54-37-35-42(39-59(54)66-58)62-48-25-9-7-23-46(48)61(47-24-8-10-26-49(47)62)41-34-36-45-44-22-15-16-32-56(44)65(57(45)38-41)43-20-5-2-6-21-43/h1-39H. The fourth-order valence-corrected chi connectivity index (χ4v) is 11.3. The van der Waals surface area contributed by atoms with E-state index in [2.05, 4.69) is 241 Å². The van der Waals surface area contributed by atoms with Crippen molar-refractivity contribution in [3.05, 3.63) is 237 Å². The Morgan fingerprint density at radius 3 is 1.27 bits per heavy atom. The third kappa shape index (κ3) is 5.36. The number of rotatable bonds is 5. The molecule has 14 aromatic rings. The molecule has 14 rings (SSSR count). The van der Waals surface area contributed by atoms with Crippen LogP contribution in [-0.4, -0.2) is 4.57 Å². The normalized spacial score (nSPS) is 11.9. The van der Waals surface area contributed by atoms with Crippen LogP contribution in [0.5, 0.6) is 0 Å². The van der Waals surface area contributed by atoms with Crippen molar-refractivity contribution in [1.82, 2.24) is 4.57 Å². The molecule has 0 radical (unpaired) electrons. The van der Waals surface area contributed by atoms with E-state index >= 15 is 0 Å². The number of benzene rings is 12. The second kappa shape index (κ2) is 14.4. The van der Waals surface area contributed by atoms with Crippen molar-refractivity contribution in [2.75, 3.05) is 0 Å². The minimum atomic E-state index is 0.876. The van der Waals surface area contributed by atoms with Gasteiger partial charge in [-0.2, -0.15) is 0 Å². The highest BCUT2D eigenvalue weighted by molar-refractivity contribution is 6.27. The van der Waals surface area contributed by atoms with Gasteiger partial charge in [0.2, 0.25) is 0 Å². The van der Waals surface area contributed by atoms with Gasteiger partial charge in [0, 0.05) is 27.2 Å². The largest absolute Gasteiger partial charge is 0.456 e. The summed E-state index contributed by atoms with van der Waals surface area (Å²) in [5, 5.41) is 14.5. The van der Waals surface area contributed by atoms with E-state index in [1.54, 1.807) is 0 Å². The van der Waals surface area contributed by atoms with Crippen LogP contribution in [-0.2, 0) is 0 Å². The molecule has 0 aliphatic rings. The first-order valence-electron chi connectivity index (χ1n) is 22.8. The number of hydrogen-bond donors (Lipinski definition) is 0. The highest BCUT2D eigenvalue weighted by Crippen LogP contribution is 2.49. The molecule has 0 aliphatic carbocycles. The van der Waals surface area contributed by atoms with Crippen LogP contribution < -0.4 is 0 Å². The average Bonchev–Trinajstić information content (AvgIpc) is 3.93. The number of aromatic nitrogens is 1. The van der Waals surface area contributed by atoms with Crippen molar-refractivity contribution in [3.8, 4) is 50.2 Å². The van der Waals surface area contributed by atoms with Gasteiger partial charge in [-0.25, -0.2) is 0 Å². The minimum absolute atomic E-state index is 0.876. The van der Waals surface area contributed by atoms with Crippen molar-refractivity contribution in [3.63, 3.8) is 0 Å².